The number of amides is 2. The average molecular weight is 357 g/mol. The van der Waals surface area contributed by atoms with Gasteiger partial charge in [0, 0.05) is 6.42 Å². The van der Waals surface area contributed by atoms with Crippen LogP contribution in [0.25, 0.3) is 0 Å². The molecule has 0 spiro atoms. The molecule has 1 rings (SSSR count). The van der Waals surface area contributed by atoms with Crippen LogP contribution in [0.2, 0.25) is 0 Å². The Labute approximate surface area is 146 Å². The highest BCUT2D eigenvalue weighted by Gasteiger charge is 2.32. The van der Waals surface area contributed by atoms with Gasteiger partial charge in [-0.2, -0.15) is 0 Å². The van der Waals surface area contributed by atoms with E-state index in [2.05, 4.69) is 16.0 Å². The molecule has 0 radical (unpaired) electrons. The summed E-state index contributed by atoms with van der Waals surface area (Å²) < 4.78 is 0. The van der Waals surface area contributed by atoms with Gasteiger partial charge in [-0.05, 0) is 31.7 Å². The van der Waals surface area contributed by atoms with Crippen LogP contribution < -0.4 is 16.0 Å². The van der Waals surface area contributed by atoms with Crippen molar-refractivity contribution in [3.8, 4) is 0 Å². The third-order valence-electron chi connectivity index (χ3n) is 4.43. The van der Waals surface area contributed by atoms with E-state index < -0.39 is 29.9 Å². The molecule has 1 aliphatic heterocycles. The molecule has 1 saturated heterocycles. The van der Waals surface area contributed by atoms with Gasteiger partial charge in [-0.3, -0.25) is 14.4 Å². The van der Waals surface area contributed by atoms with Gasteiger partial charge >= 0.3 is 11.9 Å². The first-order valence-electron chi connectivity index (χ1n) is 8.55. The van der Waals surface area contributed by atoms with Crippen molar-refractivity contribution >= 4 is 23.8 Å². The second kappa shape index (κ2) is 9.97. The number of carboxylic acid groups (broad SMARTS) is 2. The molecule has 1 aliphatic rings. The first kappa shape index (κ1) is 20.9. The number of hydrogen-bond donors (Lipinski definition) is 5. The first-order chi connectivity index (χ1) is 11.8. The Morgan fingerprint density at radius 3 is 2.36 bits per heavy atom. The maximum atomic E-state index is 12.5. The number of hydrogen-bond acceptors (Lipinski definition) is 5. The lowest BCUT2D eigenvalue weighted by molar-refractivity contribution is -0.143. The zero-order chi connectivity index (χ0) is 19.0. The fourth-order valence-electron chi connectivity index (χ4n) is 2.65. The van der Waals surface area contributed by atoms with E-state index in [-0.39, 0.29) is 30.7 Å². The predicted molar refractivity (Wildman–Crippen MR) is 88.8 cm³/mol. The normalized spacial score (nSPS) is 20.3. The minimum Gasteiger partial charge on any atom is -0.481 e. The smallest absolute Gasteiger partial charge is 0.326 e. The number of carbonyl (C=O) groups excluding carboxylic acids is 2. The summed E-state index contributed by atoms with van der Waals surface area (Å²) in [6, 6.07) is -2.52. The monoisotopic (exact) mass is 357 g/mol. The average Bonchev–Trinajstić information content (AvgIpc) is 3.09. The number of carbonyl (C=O) groups is 4. The standard InChI is InChI=1S/C16H27N3O6/c1-3-9(2)13(19-14(22)10-5-4-8-17-10)15(23)18-11(16(24)25)6-7-12(20)21/h9-11,13,17H,3-8H2,1-2H3,(H,18,23)(H,19,22)(H,20,21)(H,24,25)/t9-,10-,11-,13-/m0/s1. The Balaban J connectivity index is 2.75. The zero-order valence-electron chi connectivity index (χ0n) is 14.6. The molecule has 1 fully saturated rings. The molecule has 142 valence electrons. The van der Waals surface area contributed by atoms with Crippen LogP contribution in [-0.2, 0) is 19.2 Å². The van der Waals surface area contributed by atoms with Crippen LogP contribution in [0.5, 0.6) is 0 Å². The Morgan fingerprint density at radius 2 is 1.88 bits per heavy atom. The van der Waals surface area contributed by atoms with Gasteiger partial charge in [0.05, 0.1) is 6.04 Å². The molecule has 0 unspecified atom stereocenters. The minimum absolute atomic E-state index is 0.195. The highest BCUT2D eigenvalue weighted by atomic mass is 16.4. The van der Waals surface area contributed by atoms with Crippen LogP contribution >= 0.6 is 0 Å². The van der Waals surface area contributed by atoms with E-state index in [1.165, 1.54) is 0 Å². The van der Waals surface area contributed by atoms with Gasteiger partial charge in [0.25, 0.3) is 0 Å². The molecular formula is C16H27N3O6. The van der Waals surface area contributed by atoms with Gasteiger partial charge in [-0.1, -0.05) is 20.3 Å². The molecule has 1 heterocycles. The largest absolute Gasteiger partial charge is 0.481 e. The molecule has 0 aromatic carbocycles. The lowest BCUT2D eigenvalue weighted by Crippen LogP contribution is -2.56. The van der Waals surface area contributed by atoms with Gasteiger partial charge < -0.3 is 26.2 Å². The van der Waals surface area contributed by atoms with Gasteiger partial charge in [0.15, 0.2) is 0 Å². The summed E-state index contributed by atoms with van der Waals surface area (Å²) >= 11 is 0. The summed E-state index contributed by atoms with van der Waals surface area (Å²) in [4.78, 5) is 46.6. The Hall–Kier alpha value is -2.16. The molecule has 5 N–H and O–H groups in total. The number of aliphatic carboxylic acids is 2. The van der Waals surface area contributed by atoms with Crippen molar-refractivity contribution in [2.24, 2.45) is 5.92 Å². The predicted octanol–water partition coefficient (Wildman–Crippen LogP) is -0.296. The highest BCUT2D eigenvalue weighted by Crippen LogP contribution is 2.11. The van der Waals surface area contributed by atoms with Crippen molar-refractivity contribution in [2.45, 2.75) is 64.1 Å². The van der Waals surface area contributed by atoms with E-state index >= 15 is 0 Å². The van der Waals surface area contributed by atoms with Gasteiger partial charge in [0.2, 0.25) is 11.8 Å². The molecule has 0 aromatic heterocycles. The van der Waals surface area contributed by atoms with Gasteiger partial charge in [-0.15, -0.1) is 0 Å². The Kier molecular flexibility index (Phi) is 8.33. The Bertz CT molecular complexity index is 504. The molecule has 0 aromatic rings. The summed E-state index contributed by atoms with van der Waals surface area (Å²) in [6.45, 7) is 4.40. The summed E-state index contributed by atoms with van der Waals surface area (Å²) in [6.07, 6.45) is 1.60. The van der Waals surface area contributed by atoms with Crippen LogP contribution in [0.1, 0.15) is 46.0 Å². The van der Waals surface area contributed by atoms with Gasteiger partial charge in [0.1, 0.15) is 12.1 Å². The summed E-state index contributed by atoms with van der Waals surface area (Å²) in [5, 5.41) is 25.9. The summed E-state index contributed by atoms with van der Waals surface area (Å²) in [5.41, 5.74) is 0. The summed E-state index contributed by atoms with van der Waals surface area (Å²) in [5.74, 6) is -3.53. The molecule has 9 nitrogen and oxygen atoms in total. The molecule has 4 atom stereocenters. The van der Waals surface area contributed by atoms with E-state index in [0.717, 1.165) is 13.0 Å². The minimum atomic E-state index is -1.31. The van der Waals surface area contributed by atoms with Crippen molar-refractivity contribution < 1.29 is 29.4 Å². The lowest BCUT2D eigenvalue weighted by Gasteiger charge is -2.26. The summed E-state index contributed by atoms with van der Waals surface area (Å²) in [7, 11) is 0. The van der Waals surface area contributed by atoms with Crippen LogP contribution in [0, 0.1) is 5.92 Å². The van der Waals surface area contributed by atoms with E-state index in [0.29, 0.717) is 12.8 Å². The first-order valence-corrected chi connectivity index (χ1v) is 8.55. The van der Waals surface area contributed by atoms with E-state index in [1.807, 2.05) is 6.92 Å². The molecule has 9 heteroatoms. The van der Waals surface area contributed by atoms with Crippen molar-refractivity contribution in [3.63, 3.8) is 0 Å². The van der Waals surface area contributed by atoms with E-state index in [1.54, 1.807) is 6.92 Å². The third kappa shape index (κ3) is 6.69. The lowest BCUT2D eigenvalue weighted by atomic mass is 9.97. The molecule has 0 bridgehead atoms. The molecular weight excluding hydrogens is 330 g/mol. The fraction of sp³-hybridized carbons (Fsp3) is 0.750. The Morgan fingerprint density at radius 1 is 1.20 bits per heavy atom. The molecule has 25 heavy (non-hydrogen) atoms. The zero-order valence-corrected chi connectivity index (χ0v) is 14.6. The van der Waals surface area contributed by atoms with Crippen LogP contribution in [0.4, 0.5) is 0 Å². The maximum absolute atomic E-state index is 12.5. The van der Waals surface area contributed by atoms with Crippen molar-refractivity contribution in [1.82, 2.24) is 16.0 Å². The van der Waals surface area contributed by atoms with Gasteiger partial charge in [-0.25, -0.2) is 4.79 Å². The molecule has 0 saturated carbocycles. The van der Waals surface area contributed by atoms with Crippen LogP contribution in [0.3, 0.4) is 0 Å². The highest BCUT2D eigenvalue weighted by molar-refractivity contribution is 5.92. The molecule has 0 aliphatic carbocycles. The molecule has 2 amide bonds. The third-order valence-corrected chi connectivity index (χ3v) is 4.43. The van der Waals surface area contributed by atoms with E-state index in [9.17, 15) is 19.2 Å². The number of nitrogens with one attached hydrogen (secondary N) is 3. The quantitative estimate of drug-likeness (QED) is 0.361. The maximum Gasteiger partial charge on any atom is 0.326 e. The second-order valence-corrected chi connectivity index (χ2v) is 6.35. The van der Waals surface area contributed by atoms with Crippen LogP contribution in [0.15, 0.2) is 0 Å². The van der Waals surface area contributed by atoms with Crippen molar-refractivity contribution in [1.29, 1.82) is 0 Å². The van der Waals surface area contributed by atoms with Crippen molar-refractivity contribution in [2.75, 3.05) is 6.54 Å². The number of carboxylic acids is 2. The van der Waals surface area contributed by atoms with Crippen LogP contribution in [-0.4, -0.2) is 58.6 Å². The fourth-order valence-corrected chi connectivity index (χ4v) is 2.65. The SMILES string of the molecule is CC[C@H](C)[C@H](NC(=O)[C@@H]1CCCN1)C(=O)N[C@@H](CCC(=O)O)C(=O)O. The number of rotatable bonds is 10. The topological polar surface area (TPSA) is 145 Å². The second-order valence-electron chi connectivity index (χ2n) is 6.35. The van der Waals surface area contributed by atoms with Crippen molar-refractivity contribution in [3.05, 3.63) is 0 Å². The van der Waals surface area contributed by atoms with E-state index in [4.69, 9.17) is 10.2 Å².